The molecule has 1 rings (SSSR count). The SMILES string of the molecule is CCC1CCC(C(=O)NCCNCCOC)O1.Cl. The van der Waals surface area contributed by atoms with Crippen molar-refractivity contribution in [3.8, 4) is 0 Å². The van der Waals surface area contributed by atoms with Crippen molar-refractivity contribution in [3.63, 3.8) is 0 Å². The Morgan fingerprint density at radius 2 is 2.11 bits per heavy atom. The van der Waals surface area contributed by atoms with Crippen LogP contribution in [-0.2, 0) is 14.3 Å². The summed E-state index contributed by atoms with van der Waals surface area (Å²) in [5.41, 5.74) is 0. The highest BCUT2D eigenvalue weighted by Crippen LogP contribution is 2.21. The molecule has 18 heavy (non-hydrogen) atoms. The summed E-state index contributed by atoms with van der Waals surface area (Å²) in [7, 11) is 1.67. The van der Waals surface area contributed by atoms with Crippen LogP contribution in [0.4, 0.5) is 0 Å². The first kappa shape index (κ1) is 17.6. The van der Waals surface area contributed by atoms with E-state index in [4.69, 9.17) is 9.47 Å². The van der Waals surface area contributed by atoms with E-state index < -0.39 is 0 Å². The normalized spacial score (nSPS) is 22.6. The van der Waals surface area contributed by atoms with Crippen LogP contribution in [0.3, 0.4) is 0 Å². The number of carbonyl (C=O) groups excluding carboxylic acids is 1. The average molecular weight is 281 g/mol. The minimum Gasteiger partial charge on any atom is -0.383 e. The van der Waals surface area contributed by atoms with Crippen molar-refractivity contribution in [2.75, 3.05) is 33.4 Å². The Labute approximate surface area is 115 Å². The average Bonchev–Trinajstić information content (AvgIpc) is 2.82. The van der Waals surface area contributed by atoms with Gasteiger partial charge in [0.05, 0.1) is 12.7 Å². The van der Waals surface area contributed by atoms with E-state index in [1.165, 1.54) is 0 Å². The van der Waals surface area contributed by atoms with E-state index >= 15 is 0 Å². The van der Waals surface area contributed by atoms with Crippen LogP contribution in [0.15, 0.2) is 0 Å². The fraction of sp³-hybridized carbons (Fsp3) is 0.917. The molecule has 1 fully saturated rings. The summed E-state index contributed by atoms with van der Waals surface area (Å²) < 4.78 is 10.5. The monoisotopic (exact) mass is 280 g/mol. The molecule has 0 bridgehead atoms. The molecule has 1 heterocycles. The van der Waals surface area contributed by atoms with Crippen molar-refractivity contribution >= 4 is 18.3 Å². The molecular formula is C12H25ClN2O3. The van der Waals surface area contributed by atoms with Crippen LogP contribution in [0.25, 0.3) is 0 Å². The number of nitrogens with one attached hydrogen (secondary N) is 2. The second-order valence-corrected chi connectivity index (χ2v) is 4.27. The van der Waals surface area contributed by atoms with Gasteiger partial charge >= 0.3 is 0 Å². The van der Waals surface area contributed by atoms with E-state index in [1.807, 2.05) is 0 Å². The van der Waals surface area contributed by atoms with Gasteiger partial charge < -0.3 is 20.1 Å². The van der Waals surface area contributed by atoms with Gasteiger partial charge in [-0.3, -0.25) is 4.79 Å². The number of rotatable bonds is 8. The molecule has 6 heteroatoms. The molecule has 1 aliphatic heterocycles. The van der Waals surface area contributed by atoms with Gasteiger partial charge in [0, 0.05) is 26.7 Å². The third kappa shape index (κ3) is 6.54. The largest absolute Gasteiger partial charge is 0.383 e. The maximum atomic E-state index is 11.7. The lowest BCUT2D eigenvalue weighted by atomic mass is 10.1. The lowest BCUT2D eigenvalue weighted by Crippen LogP contribution is -2.39. The predicted molar refractivity (Wildman–Crippen MR) is 73.2 cm³/mol. The highest BCUT2D eigenvalue weighted by molar-refractivity contribution is 5.85. The van der Waals surface area contributed by atoms with Crippen molar-refractivity contribution in [1.82, 2.24) is 10.6 Å². The molecule has 0 aromatic rings. The molecule has 0 aromatic carbocycles. The molecule has 0 aliphatic carbocycles. The zero-order valence-electron chi connectivity index (χ0n) is 11.2. The molecule has 1 aliphatic rings. The zero-order valence-corrected chi connectivity index (χ0v) is 12.1. The highest BCUT2D eigenvalue weighted by atomic mass is 35.5. The van der Waals surface area contributed by atoms with Crippen LogP contribution in [0, 0.1) is 0 Å². The summed E-state index contributed by atoms with van der Waals surface area (Å²) in [6.45, 7) is 4.99. The van der Waals surface area contributed by atoms with Gasteiger partial charge in [-0.15, -0.1) is 12.4 Å². The van der Waals surface area contributed by atoms with Crippen molar-refractivity contribution in [2.45, 2.75) is 38.4 Å². The smallest absolute Gasteiger partial charge is 0.249 e. The van der Waals surface area contributed by atoms with Crippen molar-refractivity contribution in [2.24, 2.45) is 0 Å². The van der Waals surface area contributed by atoms with Gasteiger partial charge in [-0.1, -0.05) is 6.92 Å². The number of halogens is 1. The summed E-state index contributed by atoms with van der Waals surface area (Å²) in [6.07, 6.45) is 2.87. The third-order valence-electron chi connectivity index (χ3n) is 2.94. The first-order valence-corrected chi connectivity index (χ1v) is 6.40. The van der Waals surface area contributed by atoms with Gasteiger partial charge in [0.25, 0.3) is 0 Å². The number of amides is 1. The van der Waals surface area contributed by atoms with Crippen molar-refractivity contribution in [3.05, 3.63) is 0 Å². The third-order valence-corrected chi connectivity index (χ3v) is 2.94. The highest BCUT2D eigenvalue weighted by Gasteiger charge is 2.29. The minimum atomic E-state index is -0.237. The summed E-state index contributed by atoms with van der Waals surface area (Å²) in [5, 5.41) is 6.05. The van der Waals surface area contributed by atoms with Crippen LogP contribution in [0.2, 0.25) is 0 Å². The fourth-order valence-electron chi connectivity index (χ4n) is 1.89. The van der Waals surface area contributed by atoms with Gasteiger partial charge in [0.15, 0.2) is 0 Å². The van der Waals surface area contributed by atoms with Crippen LogP contribution in [0.1, 0.15) is 26.2 Å². The van der Waals surface area contributed by atoms with Crippen LogP contribution < -0.4 is 10.6 Å². The number of hydrogen-bond acceptors (Lipinski definition) is 4. The molecule has 2 N–H and O–H groups in total. The number of carbonyl (C=O) groups is 1. The molecule has 108 valence electrons. The molecule has 0 spiro atoms. The van der Waals surface area contributed by atoms with E-state index in [0.717, 1.165) is 32.4 Å². The Morgan fingerprint density at radius 1 is 1.33 bits per heavy atom. The molecule has 2 unspecified atom stereocenters. The Morgan fingerprint density at radius 3 is 2.72 bits per heavy atom. The molecular weight excluding hydrogens is 256 g/mol. The summed E-state index contributed by atoms with van der Waals surface area (Å²) in [6, 6.07) is 0. The van der Waals surface area contributed by atoms with E-state index in [9.17, 15) is 4.79 Å². The van der Waals surface area contributed by atoms with Gasteiger partial charge in [-0.2, -0.15) is 0 Å². The molecule has 0 aromatic heterocycles. The second kappa shape index (κ2) is 10.6. The van der Waals surface area contributed by atoms with E-state index in [-0.39, 0.29) is 30.5 Å². The second-order valence-electron chi connectivity index (χ2n) is 4.27. The topological polar surface area (TPSA) is 59.6 Å². The lowest BCUT2D eigenvalue weighted by molar-refractivity contribution is -0.132. The molecule has 1 amide bonds. The molecule has 1 saturated heterocycles. The molecule has 0 radical (unpaired) electrons. The number of hydrogen-bond donors (Lipinski definition) is 2. The molecule has 0 saturated carbocycles. The van der Waals surface area contributed by atoms with Crippen LogP contribution in [-0.4, -0.2) is 51.5 Å². The van der Waals surface area contributed by atoms with Gasteiger partial charge in [0.1, 0.15) is 6.10 Å². The van der Waals surface area contributed by atoms with Gasteiger partial charge in [0.2, 0.25) is 5.91 Å². The Kier molecular flexibility index (Phi) is 10.3. The standard InChI is InChI=1S/C12H24N2O3.ClH/c1-3-10-4-5-11(17-10)12(15)14-7-6-13-8-9-16-2;/h10-11,13H,3-9H2,1-2H3,(H,14,15);1H. The van der Waals surface area contributed by atoms with Gasteiger partial charge in [-0.05, 0) is 19.3 Å². The zero-order chi connectivity index (χ0) is 12.5. The quantitative estimate of drug-likeness (QED) is 0.643. The minimum absolute atomic E-state index is 0. The molecule has 2 atom stereocenters. The summed E-state index contributed by atoms with van der Waals surface area (Å²) in [5.74, 6) is 0.0227. The summed E-state index contributed by atoms with van der Waals surface area (Å²) >= 11 is 0. The van der Waals surface area contributed by atoms with Crippen molar-refractivity contribution < 1.29 is 14.3 Å². The maximum absolute atomic E-state index is 11.7. The van der Waals surface area contributed by atoms with Crippen molar-refractivity contribution in [1.29, 1.82) is 0 Å². The van der Waals surface area contributed by atoms with Crippen LogP contribution in [0.5, 0.6) is 0 Å². The first-order valence-electron chi connectivity index (χ1n) is 6.40. The number of ether oxygens (including phenoxy) is 2. The van der Waals surface area contributed by atoms with E-state index in [0.29, 0.717) is 13.2 Å². The first-order chi connectivity index (χ1) is 8.27. The number of methoxy groups -OCH3 is 1. The Hall–Kier alpha value is -0.360. The maximum Gasteiger partial charge on any atom is 0.249 e. The fourth-order valence-corrected chi connectivity index (χ4v) is 1.89. The summed E-state index contributed by atoms with van der Waals surface area (Å²) in [4.78, 5) is 11.7. The van der Waals surface area contributed by atoms with Gasteiger partial charge in [-0.25, -0.2) is 0 Å². The molecule has 5 nitrogen and oxygen atoms in total. The van der Waals surface area contributed by atoms with Crippen LogP contribution >= 0.6 is 12.4 Å². The Balaban J connectivity index is 0.00000289. The predicted octanol–water partition coefficient (Wildman–Crippen LogP) is 0.718. The van der Waals surface area contributed by atoms with E-state index in [1.54, 1.807) is 7.11 Å². The Bertz CT molecular complexity index is 229. The van der Waals surface area contributed by atoms with E-state index in [2.05, 4.69) is 17.6 Å². The lowest BCUT2D eigenvalue weighted by Gasteiger charge is -2.12.